The Kier molecular flexibility index (Phi) is 3.12. The van der Waals surface area contributed by atoms with Gasteiger partial charge in [-0.2, -0.15) is 0 Å². The first-order valence-corrected chi connectivity index (χ1v) is 5.38. The minimum Gasteiger partial charge on any atom is -0.479 e. The first-order chi connectivity index (χ1) is 7.70. The second kappa shape index (κ2) is 4.55. The van der Waals surface area contributed by atoms with Crippen molar-refractivity contribution in [2.75, 3.05) is 7.11 Å². The van der Waals surface area contributed by atoms with Gasteiger partial charge in [0.2, 0.25) is 5.76 Å². The second-order valence-electron chi connectivity index (χ2n) is 3.92. The lowest BCUT2D eigenvalue weighted by Gasteiger charge is -2.35. The molecule has 5 nitrogen and oxygen atoms in total. The summed E-state index contributed by atoms with van der Waals surface area (Å²) < 4.78 is 15.1. The molecule has 1 aliphatic heterocycles. The highest BCUT2D eigenvalue weighted by atomic mass is 16.6. The van der Waals surface area contributed by atoms with Gasteiger partial charge in [-0.05, 0) is 25.7 Å². The molecule has 2 aliphatic rings. The number of esters is 2. The molecule has 2 fully saturated rings. The van der Waals surface area contributed by atoms with E-state index in [1.807, 2.05) is 0 Å². The van der Waals surface area contributed by atoms with Crippen molar-refractivity contribution in [3.05, 3.63) is 11.8 Å². The Hall–Kier alpha value is -1.52. The van der Waals surface area contributed by atoms with Crippen molar-refractivity contribution >= 4 is 11.9 Å². The molecule has 16 heavy (non-hydrogen) atoms. The van der Waals surface area contributed by atoms with E-state index in [1.165, 1.54) is 7.11 Å². The fraction of sp³-hybridized carbons (Fsp3) is 0.636. The Balaban J connectivity index is 2.08. The van der Waals surface area contributed by atoms with Gasteiger partial charge in [-0.3, -0.25) is 0 Å². The van der Waals surface area contributed by atoms with Crippen LogP contribution < -0.4 is 0 Å². The van der Waals surface area contributed by atoms with E-state index in [9.17, 15) is 9.59 Å². The van der Waals surface area contributed by atoms with Crippen molar-refractivity contribution in [2.24, 2.45) is 0 Å². The molecule has 1 aliphatic carbocycles. The van der Waals surface area contributed by atoms with Crippen LogP contribution in [0.2, 0.25) is 0 Å². The van der Waals surface area contributed by atoms with Crippen LogP contribution in [0.1, 0.15) is 25.7 Å². The van der Waals surface area contributed by atoms with Gasteiger partial charge in [-0.25, -0.2) is 9.59 Å². The van der Waals surface area contributed by atoms with Crippen molar-refractivity contribution in [3.63, 3.8) is 0 Å². The topological polar surface area (TPSA) is 61.8 Å². The first kappa shape index (κ1) is 11.0. The van der Waals surface area contributed by atoms with E-state index in [1.54, 1.807) is 0 Å². The van der Waals surface area contributed by atoms with Crippen LogP contribution in [-0.2, 0) is 23.8 Å². The van der Waals surface area contributed by atoms with Gasteiger partial charge in [0.05, 0.1) is 13.2 Å². The summed E-state index contributed by atoms with van der Waals surface area (Å²) >= 11 is 0. The van der Waals surface area contributed by atoms with Crippen LogP contribution in [0.3, 0.4) is 0 Å². The molecule has 0 N–H and O–H groups in total. The maximum Gasteiger partial charge on any atom is 0.374 e. The molecule has 0 radical (unpaired) electrons. The zero-order valence-electron chi connectivity index (χ0n) is 9.10. The quantitative estimate of drug-likeness (QED) is 0.491. The van der Waals surface area contributed by atoms with Gasteiger partial charge in [0.25, 0.3) is 0 Å². The predicted molar refractivity (Wildman–Crippen MR) is 53.3 cm³/mol. The summed E-state index contributed by atoms with van der Waals surface area (Å²) in [5.41, 5.74) is 0. The summed E-state index contributed by atoms with van der Waals surface area (Å²) in [7, 11) is 1.25. The number of hydrogen-bond acceptors (Lipinski definition) is 5. The van der Waals surface area contributed by atoms with Crippen LogP contribution in [0.25, 0.3) is 0 Å². The van der Waals surface area contributed by atoms with Crippen LogP contribution in [0, 0.1) is 0 Å². The van der Waals surface area contributed by atoms with Gasteiger partial charge in [-0.1, -0.05) is 0 Å². The first-order valence-electron chi connectivity index (χ1n) is 5.38. The third-order valence-corrected chi connectivity index (χ3v) is 2.83. The minimum absolute atomic E-state index is 0.0463. The van der Waals surface area contributed by atoms with Gasteiger partial charge in [0, 0.05) is 0 Å². The largest absolute Gasteiger partial charge is 0.479 e. The molecule has 0 amide bonds. The lowest BCUT2D eigenvalue weighted by molar-refractivity contribution is -0.174. The molecular formula is C11H14O5. The van der Waals surface area contributed by atoms with E-state index >= 15 is 0 Å². The Morgan fingerprint density at radius 3 is 2.56 bits per heavy atom. The molecule has 1 saturated heterocycles. The van der Waals surface area contributed by atoms with Gasteiger partial charge in [-0.15, -0.1) is 0 Å². The highest BCUT2D eigenvalue weighted by molar-refractivity contribution is 5.95. The van der Waals surface area contributed by atoms with E-state index < -0.39 is 11.9 Å². The zero-order valence-corrected chi connectivity index (χ0v) is 9.10. The number of fused-ring (bicyclic) bond motifs is 1. The van der Waals surface area contributed by atoms with Crippen LogP contribution in [-0.4, -0.2) is 31.3 Å². The van der Waals surface area contributed by atoms with Crippen LogP contribution >= 0.6 is 0 Å². The van der Waals surface area contributed by atoms with Crippen molar-refractivity contribution in [2.45, 2.75) is 37.9 Å². The number of carbonyl (C=O) groups excluding carboxylic acids is 2. The highest BCUT2D eigenvalue weighted by Gasteiger charge is 2.37. The Labute approximate surface area is 93.4 Å². The molecule has 2 rings (SSSR count). The van der Waals surface area contributed by atoms with E-state index in [2.05, 4.69) is 4.74 Å². The lowest BCUT2D eigenvalue weighted by atomic mass is 9.94. The number of hydrogen-bond donors (Lipinski definition) is 0. The molecule has 0 spiro atoms. The average Bonchev–Trinajstić information content (AvgIpc) is 2.30. The summed E-state index contributed by atoms with van der Waals surface area (Å²) in [4.78, 5) is 22.5. The van der Waals surface area contributed by atoms with Crippen LogP contribution in [0.5, 0.6) is 0 Å². The lowest BCUT2D eigenvalue weighted by Crippen LogP contribution is -2.42. The summed E-state index contributed by atoms with van der Waals surface area (Å²) in [5.74, 6) is -1.23. The summed E-state index contributed by atoms with van der Waals surface area (Å²) in [6, 6.07) is 0. The predicted octanol–water partition coefficient (Wildman–Crippen LogP) is 0.928. The Morgan fingerprint density at radius 2 is 1.94 bits per heavy atom. The van der Waals surface area contributed by atoms with Gasteiger partial charge in [0.1, 0.15) is 12.2 Å². The van der Waals surface area contributed by atoms with E-state index in [0.29, 0.717) is 0 Å². The third kappa shape index (κ3) is 2.18. The number of ether oxygens (including phenoxy) is 3. The molecular weight excluding hydrogens is 212 g/mol. The van der Waals surface area contributed by atoms with Crippen molar-refractivity contribution < 1.29 is 23.8 Å². The fourth-order valence-corrected chi connectivity index (χ4v) is 2.00. The van der Waals surface area contributed by atoms with E-state index in [-0.39, 0.29) is 18.0 Å². The molecule has 1 saturated carbocycles. The van der Waals surface area contributed by atoms with E-state index in [0.717, 1.165) is 31.8 Å². The van der Waals surface area contributed by atoms with E-state index in [4.69, 9.17) is 9.47 Å². The van der Waals surface area contributed by atoms with Crippen LogP contribution in [0.4, 0.5) is 0 Å². The molecule has 0 aromatic carbocycles. The highest BCUT2D eigenvalue weighted by Crippen LogP contribution is 2.30. The van der Waals surface area contributed by atoms with Crippen molar-refractivity contribution in [3.8, 4) is 0 Å². The number of carbonyl (C=O) groups is 2. The second-order valence-corrected chi connectivity index (χ2v) is 3.92. The summed E-state index contributed by atoms with van der Waals surface area (Å²) in [6.07, 6.45) is 4.57. The summed E-state index contributed by atoms with van der Waals surface area (Å²) in [6.45, 7) is 0. The number of methoxy groups -OCH3 is 1. The zero-order chi connectivity index (χ0) is 11.5. The third-order valence-electron chi connectivity index (χ3n) is 2.83. The molecule has 0 bridgehead atoms. The molecule has 0 unspecified atom stereocenters. The minimum atomic E-state index is -0.610. The molecule has 2 atom stereocenters. The van der Waals surface area contributed by atoms with Crippen LogP contribution in [0.15, 0.2) is 11.8 Å². The Morgan fingerprint density at radius 1 is 1.31 bits per heavy atom. The molecule has 0 aromatic rings. The normalized spacial score (nSPS) is 31.3. The monoisotopic (exact) mass is 226 g/mol. The van der Waals surface area contributed by atoms with Gasteiger partial charge >= 0.3 is 11.9 Å². The molecule has 1 heterocycles. The standard InChI is InChI=1S/C11H14O5/c1-14-10(12)6-9-11(13)16-8-5-3-2-4-7(8)15-9/h6-8H,2-5H2,1H3/b9-6+/t7-,8+/m0/s1. The molecule has 88 valence electrons. The summed E-state index contributed by atoms with van der Waals surface area (Å²) in [5, 5.41) is 0. The maximum absolute atomic E-state index is 11.5. The smallest absolute Gasteiger partial charge is 0.374 e. The average molecular weight is 226 g/mol. The van der Waals surface area contributed by atoms with Crippen molar-refractivity contribution in [1.29, 1.82) is 0 Å². The Bertz CT molecular complexity index is 333. The number of rotatable bonds is 1. The van der Waals surface area contributed by atoms with Crippen molar-refractivity contribution in [1.82, 2.24) is 0 Å². The maximum atomic E-state index is 11.5. The molecule has 5 heteroatoms. The molecule has 0 aromatic heterocycles. The fourth-order valence-electron chi connectivity index (χ4n) is 2.00. The SMILES string of the molecule is COC(=O)/C=C1/O[C@H]2CCCC[C@H]2OC1=O. The van der Waals surface area contributed by atoms with Gasteiger partial charge < -0.3 is 14.2 Å². The van der Waals surface area contributed by atoms with Gasteiger partial charge in [0.15, 0.2) is 0 Å².